The summed E-state index contributed by atoms with van der Waals surface area (Å²) < 4.78 is 1.17. The van der Waals surface area contributed by atoms with Crippen molar-refractivity contribution in [3.63, 3.8) is 0 Å². The van der Waals surface area contributed by atoms with Gasteiger partial charge in [-0.05, 0) is 27.3 Å². The molecule has 2 aliphatic rings. The number of hydrogen-bond acceptors (Lipinski definition) is 0. The van der Waals surface area contributed by atoms with Crippen LogP contribution in [0, 0.1) is 5.41 Å². The van der Waals surface area contributed by atoms with Gasteiger partial charge in [0.2, 0.25) is 0 Å². The van der Waals surface area contributed by atoms with Crippen LogP contribution < -0.4 is 10.0 Å². The van der Waals surface area contributed by atoms with Gasteiger partial charge in [0.1, 0.15) is 0 Å². The molecule has 3 rings (SSSR count). The third-order valence-electron chi connectivity index (χ3n) is 3.43. The molecular formula is C14H12BrClSi. The van der Waals surface area contributed by atoms with Gasteiger partial charge in [-0.15, -0.1) is 11.1 Å². The average molecular weight is 324 g/mol. The lowest BCUT2D eigenvalue weighted by Crippen LogP contribution is -2.33. The van der Waals surface area contributed by atoms with E-state index in [0.29, 0.717) is 0 Å². The molecule has 1 heterocycles. The van der Waals surface area contributed by atoms with Gasteiger partial charge in [-0.25, -0.2) is 0 Å². The Kier molecular flexibility index (Phi) is 2.58. The van der Waals surface area contributed by atoms with Crippen molar-refractivity contribution >= 4 is 46.4 Å². The molecule has 0 atom stereocenters. The summed E-state index contributed by atoms with van der Waals surface area (Å²) in [5.41, 5.74) is 4.94. The summed E-state index contributed by atoms with van der Waals surface area (Å²) in [6, 6.07) is 4.30. The van der Waals surface area contributed by atoms with Crippen LogP contribution in [0.4, 0.5) is 0 Å². The second kappa shape index (κ2) is 3.77. The first-order chi connectivity index (χ1) is 8.00. The Balaban J connectivity index is 2.52. The number of hydrogen-bond donors (Lipinski definition) is 0. The molecule has 17 heavy (non-hydrogen) atoms. The van der Waals surface area contributed by atoms with Gasteiger partial charge in [-0.2, -0.15) is 0 Å². The van der Waals surface area contributed by atoms with E-state index in [1.807, 2.05) is 0 Å². The minimum atomic E-state index is -1.02. The molecule has 3 heteroatoms. The first-order valence-electron chi connectivity index (χ1n) is 5.61. The number of fused-ring (bicyclic) bond motifs is 2. The van der Waals surface area contributed by atoms with Gasteiger partial charge < -0.3 is 0 Å². The molecule has 0 bridgehead atoms. The van der Waals surface area contributed by atoms with Crippen LogP contribution in [0.1, 0.15) is 13.8 Å². The van der Waals surface area contributed by atoms with Crippen LogP contribution in [-0.2, 0) is 0 Å². The Morgan fingerprint density at radius 2 is 2.12 bits per heavy atom. The van der Waals surface area contributed by atoms with Gasteiger partial charge in [0.25, 0.3) is 0 Å². The van der Waals surface area contributed by atoms with Crippen molar-refractivity contribution < 1.29 is 0 Å². The summed E-state index contributed by atoms with van der Waals surface area (Å²) in [7, 11) is -1.02. The smallest absolute Gasteiger partial charge is 0.133 e. The zero-order valence-corrected chi connectivity index (χ0v) is 13.1. The molecule has 0 N–H and O–H groups in total. The van der Waals surface area contributed by atoms with Crippen LogP contribution in [0.25, 0.3) is 11.6 Å². The molecule has 0 amide bonds. The zero-order chi connectivity index (χ0) is 12.2. The number of halogens is 2. The molecule has 0 aromatic carbocycles. The van der Waals surface area contributed by atoms with Gasteiger partial charge in [-0.3, -0.25) is 0 Å². The molecule has 0 radical (unpaired) electrons. The van der Waals surface area contributed by atoms with Crippen molar-refractivity contribution in [2.45, 2.75) is 13.8 Å². The fourth-order valence-electron chi connectivity index (χ4n) is 2.60. The molecule has 0 fully saturated rings. The van der Waals surface area contributed by atoms with Gasteiger partial charge in [-0.1, -0.05) is 59.7 Å². The standard InChI is InChI=1S/C14H12BrClSi/c1-14(2)6-5-11(15)10-8-12-9(13(10)14)4-3-7-17(12)16/h3-8H,1-2H3. The summed E-state index contributed by atoms with van der Waals surface area (Å²) in [6.45, 7) is 4.52. The summed E-state index contributed by atoms with van der Waals surface area (Å²) in [6.07, 6.45) is 6.68. The SMILES string of the molecule is CC1(C)C=CC(Br)=C2C=c3c(ccc[si]3Cl)=C21. The van der Waals surface area contributed by atoms with Crippen molar-refractivity contribution in [3.05, 3.63) is 50.1 Å². The highest BCUT2D eigenvalue weighted by Crippen LogP contribution is 2.42. The third-order valence-corrected chi connectivity index (χ3v) is 6.52. The summed E-state index contributed by atoms with van der Waals surface area (Å²) in [4.78, 5) is 1.33. The van der Waals surface area contributed by atoms with Crippen molar-refractivity contribution in [3.8, 4) is 0 Å². The Hall–Kier alpha value is -0.443. The predicted molar refractivity (Wildman–Crippen MR) is 79.6 cm³/mol. The molecule has 0 nitrogen and oxygen atoms in total. The van der Waals surface area contributed by atoms with Crippen molar-refractivity contribution in [2.24, 2.45) is 5.41 Å². The van der Waals surface area contributed by atoms with Crippen molar-refractivity contribution in [1.82, 2.24) is 0 Å². The normalized spacial score (nSPS) is 20.1. The van der Waals surface area contributed by atoms with E-state index in [2.05, 4.69) is 65.8 Å². The van der Waals surface area contributed by atoms with E-state index in [1.54, 1.807) is 0 Å². The first kappa shape index (κ1) is 11.6. The number of allylic oxidation sites excluding steroid dienone is 4. The number of rotatable bonds is 0. The van der Waals surface area contributed by atoms with Gasteiger partial charge in [0.05, 0.1) is 0 Å². The van der Waals surface area contributed by atoms with Crippen LogP contribution in [-0.4, -0.2) is 7.71 Å². The van der Waals surface area contributed by atoms with Crippen LogP contribution >= 0.6 is 27.0 Å². The van der Waals surface area contributed by atoms with Crippen molar-refractivity contribution in [1.29, 1.82) is 0 Å². The van der Waals surface area contributed by atoms with Gasteiger partial charge in [0, 0.05) is 9.90 Å². The summed E-state index contributed by atoms with van der Waals surface area (Å²) in [5.74, 6) is 0. The highest BCUT2D eigenvalue weighted by Gasteiger charge is 2.30. The largest absolute Gasteiger partial charge is 0.159 e. The molecule has 0 saturated heterocycles. The molecule has 1 aromatic rings. The highest BCUT2D eigenvalue weighted by atomic mass is 79.9. The van der Waals surface area contributed by atoms with E-state index in [-0.39, 0.29) is 5.41 Å². The molecule has 0 aliphatic heterocycles. The molecule has 86 valence electrons. The monoisotopic (exact) mass is 322 g/mol. The second-order valence-corrected chi connectivity index (χ2v) is 8.68. The van der Waals surface area contributed by atoms with Crippen LogP contribution in [0.5, 0.6) is 0 Å². The minimum absolute atomic E-state index is 0.0842. The second-order valence-electron chi connectivity index (χ2n) is 5.04. The lowest BCUT2D eigenvalue weighted by molar-refractivity contribution is 0.644. The van der Waals surface area contributed by atoms with E-state index >= 15 is 0 Å². The molecule has 0 unspecified atom stereocenters. The Bertz CT molecular complexity index is 695. The maximum atomic E-state index is 6.46. The Labute approximate surface area is 115 Å². The predicted octanol–water partition coefficient (Wildman–Crippen LogP) is 2.90. The lowest BCUT2D eigenvalue weighted by Gasteiger charge is -2.28. The first-order valence-corrected chi connectivity index (χ1v) is 8.99. The Morgan fingerprint density at radius 1 is 1.35 bits per heavy atom. The van der Waals surface area contributed by atoms with E-state index in [1.165, 1.54) is 25.7 Å². The average Bonchev–Trinajstić information content (AvgIpc) is 2.67. The molecule has 1 aromatic heterocycles. The maximum Gasteiger partial charge on any atom is 0.159 e. The van der Waals surface area contributed by atoms with Crippen LogP contribution in [0.3, 0.4) is 0 Å². The minimum Gasteiger partial charge on any atom is -0.133 e. The van der Waals surface area contributed by atoms with Crippen LogP contribution in [0.15, 0.2) is 40.0 Å². The fourth-order valence-corrected chi connectivity index (χ4v) is 4.93. The third kappa shape index (κ3) is 1.66. The molecule has 0 spiro atoms. The van der Waals surface area contributed by atoms with Gasteiger partial charge in [0.15, 0.2) is 7.71 Å². The van der Waals surface area contributed by atoms with Gasteiger partial charge >= 0.3 is 0 Å². The summed E-state index contributed by atoms with van der Waals surface area (Å²) in [5, 5.41) is 1.35. The molecule has 2 aliphatic carbocycles. The zero-order valence-electron chi connectivity index (χ0n) is 9.72. The molecule has 0 saturated carbocycles. The lowest BCUT2D eigenvalue weighted by atomic mass is 9.77. The highest BCUT2D eigenvalue weighted by molar-refractivity contribution is 9.12. The molecular weight excluding hydrogens is 312 g/mol. The van der Waals surface area contributed by atoms with Crippen LogP contribution in [0.2, 0.25) is 0 Å². The topological polar surface area (TPSA) is 0 Å². The quantitative estimate of drug-likeness (QED) is 0.509. The summed E-state index contributed by atoms with van der Waals surface area (Å²) >= 11 is 10.1. The maximum absolute atomic E-state index is 6.46. The van der Waals surface area contributed by atoms with E-state index in [9.17, 15) is 0 Å². The fraction of sp³-hybridized carbons (Fsp3) is 0.214. The van der Waals surface area contributed by atoms with Crippen molar-refractivity contribution in [2.75, 3.05) is 0 Å². The van der Waals surface area contributed by atoms with E-state index in [0.717, 1.165) is 0 Å². The van der Waals surface area contributed by atoms with E-state index < -0.39 is 7.71 Å². The van der Waals surface area contributed by atoms with E-state index in [4.69, 9.17) is 11.1 Å². The Morgan fingerprint density at radius 3 is 2.88 bits per heavy atom.